The molecule has 2 rings (SSSR count). The minimum absolute atomic E-state index is 0.234. The molecular formula is C20H24O4. The molecule has 0 aliphatic carbocycles. The highest BCUT2D eigenvalue weighted by Gasteiger charge is 2.30. The van der Waals surface area contributed by atoms with Crippen molar-refractivity contribution in [3.05, 3.63) is 71.8 Å². The van der Waals surface area contributed by atoms with Gasteiger partial charge < -0.3 is 14.6 Å². The summed E-state index contributed by atoms with van der Waals surface area (Å²) in [7, 11) is 0. The smallest absolute Gasteiger partial charge is 0.333 e. The Hall–Kier alpha value is -2.17. The maximum Gasteiger partial charge on any atom is 0.333 e. The first-order valence-corrected chi connectivity index (χ1v) is 8.12. The predicted octanol–water partition coefficient (Wildman–Crippen LogP) is 3.90. The number of hydrogen-bond acceptors (Lipinski definition) is 3. The summed E-state index contributed by atoms with van der Waals surface area (Å²) in [4.78, 5) is 11.6. The summed E-state index contributed by atoms with van der Waals surface area (Å²) in [6.07, 6.45) is -1.14. The molecule has 4 heteroatoms. The van der Waals surface area contributed by atoms with E-state index < -0.39 is 12.1 Å². The van der Waals surface area contributed by atoms with Crippen molar-refractivity contribution < 1.29 is 19.4 Å². The van der Waals surface area contributed by atoms with Gasteiger partial charge in [-0.05, 0) is 18.1 Å². The molecule has 0 saturated heterocycles. The van der Waals surface area contributed by atoms with Crippen molar-refractivity contribution in [3.8, 4) is 0 Å². The topological polar surface area (TPSA) is 55.8 Å². The van der Waals surface area contributed by atoms with Crippen molar-refractivity contribution in [2.45, 2.75) is 39.3 Å². The largest absolute Gasteiger partial charge is 0.479 e. The van der Waals surface area contributed by atoms with Crippen LogP contribution in [-0.2, 0) is 27.5 Å². The van der Waals surface area contributed by atoms with Crippen LogP contribution in [0.5, 0.6) is 0 Å². The second-order valence-corrected chi connectivity index (χ2v) is 5.92. The van der Waals surface area contributed by atoms with Gasteiger partial charge in [0.25, 0.3) is 0 Å². The van der Waals surface area contributed by atoms with E-state index in [-0.39, 0.29) is 18.6 Å². The maximum atomic E-state index is 11.6. The molecule has 0 heterocycles. The highest BCUT2D eigenvalue weighted by atomic mass is 16.5. The molecule has 128 valence electrons. The van der Waals surface area contributed by atoms with Gasteiger partial charge in [0.1, 0.15) is 0 Å². The molecule has 3 atom stereocenters. The van der Waals surface area contributed by atoms with Crippen LogP contribution >= 0.6 is 0 Å². The number of hydrogen-bond donors (Lipinski definition) is 1. The van der Waals surface area contributed by atoms with Gasteiger partial charge in [-0.15, -0.1) is 0 Å². The van der Waals surface area contributed by atoms with Gasteiger partial charge in [-0.1, -0.05) is 67.6 Å². The molecule has 0 fully saturated rings. The van der Waals surface area contributed by atoms with Crippen molar-refractivity contribution in [1.82, 2.24) is 0 Å². The minimum atomic E-state index is -0.964. The van der Waals surface area contributed by atoms with Crippen molar-refractivity contribution in [1.29, 1.82) is 0 Å². The second kappa shape index (κ2) is 9.21. The molecule has 0 radical (unpaired) electrons. The number of carboxylic acids is 1. The van der Waals surface area contributed by atoms with Gasteiger partial charge in [-0.3, -0.25) is 0 Å². The van der Waals surface area contributed by atoms with E-state index in [2.05, 4.69) is 0 Å². The van der Waals surface area contributed by atoms with E-state index in [0.717, 1.165) is 11.1 Å². The summed E-state index contributed by atoms with van der Waals surface area (Å²) in [6.45, 7) is 4.46. The predicted molar refractivity (Wildman–Crippen MR) is 92.5 cm³/mol. The molecule has 0 amide bonds. The quantitative estimate of drug-likeness (QED) is 0.758. The Kier molecular flexibility index (Phi) is 6.97. The van der Waals surface area contributed by atoms with Crippen LogP contribution in [0.1, 0.15) is 25.0 Å². The van der Waals surface area contributed by atoms with Gasteiger partial charge >= 0.3 is 5.97 Å². The lowest BCUT2D eigenvalue weighted by atomic mass is 9.99. The normalized spacial score (nSPS) is 14.8. The van der Waals surface area contributed by atoms with Crippen LogP contribution in [0.15, 0.2) is 60.7 Å². The minimum Gasteiger partial charge on any atom is -0.479 e. The SMILES string of the molecule is C[C@@H]([C@@H](C)OCc1ccccc1)[C@@H](OCc1ccccc1)C(=O)O. The molecule has 1 N–H and O–H groups in total. The van der Waals surface area contributed by atoms with Crippen LogP contribution in [0.3, 0.4) is 0 Å². The summed E-state index contributed by atoms with van der Waals surface area (Å²) in [5.74, 6) is -1.23. The van der Waals surface area contributed by atoms with Gasteiger partial charge in [-0.25, -0.2) is 4.79 Å². The Labute approximate surface area is 143 Å². The van der Waals surface area contributed by atoms with E-state index in [1.807, 2.05) is 74.5 Å². The maximum absolute atomic E-state index is 11.6. The second-order valence-electron chi connectivity index (χ2n) is 5.92. The molecule has 0 unspecified atom stereocenters. The average molecular weight is 328 g/mol. The first-order chi connectivity index (χ1) is 11.6. The van der Waals surface area contributed by atoms with Crippen LogP contribution < -0.4 is 0 Å². The zero-order valence-corrected chi connectivity index (χ0v) is 14.1. The molecule has 0 saturated carbocycles. The number of carboxylic acid groups (broad SMARTS) is 1. The molecule has 4 nitrogen and oxygen atoms in total. The van der Waals surface area contributed by atoms with E-state index in [1.54, 1.807) is 0 Å². The molecule has 24 heavy (non-hydrogen) atoms. The number of aliphatic carboxylic acids is 1. The monoisotopic (exact) mass is 328 g/mol. The van der Waals surface area contributed by atoms with Crippen LogP contribution in [0, 0.1) is 5.92 Å². The molecular weight excluding hydrogens is 304 g/mol. The summed E-state index contributed by atoms with van der Waals surface area (Å²) in [5, 5.41) is 9.48. The fourth-order valence-electron chi connectivity index (χ4n) is 2.41. The Morgan fingerprint density at radius 2 is 1.33 bits per heavy atom. The van der Waals surface area contributed by atoms with E-state index in [0.29, 0.717) is 6.61 Å². The van der Waals surface area contributed by atoms with E-state index in [1.165, 1.54) is 0 Å². The lowest BCUT2D eigenvalue weighted by Crippen LogP contribution is -2.37. The standard InChI is InChI=1S/C20H24O4/c1-15(16(2)23-13-17-9-5-3-6-10-17)19(20(21)22)24-14-18-11-7-4-8-12-18/h3-12,15-16,19H,13-14H2,1-2H3,(H,21,22)/t15-,16+,19+/m0/s1. The Bertz CT molecular complexity index is 612. The van der Waals surface area contributed by atoms with Crippen molar-refractivity contribution in [3.63, 3.8) is 0 Å². The summed E-state index contributed by atoms with van der Waals surface area (Å²) in [6, 6.07) is 19.4. The van der Waals surface area contributed by atoms with Gasteiger partial charge in [0.2, 0.25) is 0 Å². The zero-order chi connectivity index (χ0) is 17.4. The lowest BCUT2D eigenvalue weighted by Gasteiger charge is -2.26. The van der Waals surface area contributed by atoms with Crippen molar-refractivity contribution >= 4 is 5.97 Å². The van der Waals surface area contributed by atoms with Crippen LogP contribution in [0.2, 0.25) is 0 Å². The van der Waals surface area contributed by atoms with Gasteiger partial charge in [0.15, 0.2) is 6.10 Å². The molecule has 0 aromatic heterocycles. The fourth-order valence-corrected chi connectivity index (χ4v) is 2.41. The highest BCUT2D eigenvalue weighted by molar-refractivity contribution is 5.72. The number of rotatable bonds is 9. The third-order valence-corrected chi connectivity index (χ3v) is 4.09. The Morgan fingerprint density at radius 3 is 1.79 bits per heavy atom. The van der Waals surface area contributed by atoms with E-state index in [4.69, 9.17) is 9.47 Å². The highest BCUT2D eigenvalue weighted by Crippen LogP contribution is 2.18. The molecule has 0 spiro atoms. The Morgan fingerprint density at radius 1 is 0.875 bits per heavy atom. The fraction of sp³-hybridized carbons (Fsp3) is 0.350. The average Bonchev–Trinajstić information content (AvgIpc) is 2.61. The van der Waals surface area contributed by atoms with Crippen LogP contribution in [0.25, 0.3) is 0 Å². The third kappa shape index (κ3) is 5.48. The number of carbonyl (C=O) groups is 1. The van der Waals surface area contributed by atoms with E-state index >= 15 is 0 Å². The summed E-state index contributed by atoms with van der Waals surface area (Å²) in [5.41, 5.74) is 2.02. The number of benzene rings is 2. The van der Waals surface area contributed by atoms with Gasteiger partial charge in [-0.2, -0.15) is 0 Å². The van der Waals surface area contributed by atoms with Gasteiger partial charge in [0.05, 0.1) is 19.3 Å². The molecule has 0 aliphatic heterocycles. The molecule has 0 bridgehead atoms. The molecule has 2 aromatic rings. The Balaban J connectivity index is 1.89. The number of ether oxygens (including phenoxy) is 2. The van der Waals surface area contributed by atoms with Crippen molar-refractivity contribution in [2.75, 3.05) is 0 Å². The van der Waals surface area contributed by atoms with Crippen molar-refractivity contribution in [2.24, 2.45) is 5.92 Å². The third-order valence-electron chi connectivity index (χ3n) is 4.09. The molecule has 2 aromatic carbocycles. The first-order valence-electron chi connectivity index (χ1n) is 8.12. The summed E-state index contributed by atoms with van der Waals surface area (Å²) >= 11 is 0. The van der Waals surface area contributed by atoms with Crippen LogP contribution in [-0.4, -0.2) is 23.3 Å². The summed E-state index contributed by atoms with van der Waals surface area (Å²) < 4.78 is 11.5. The zero-order valence-electron chi connectivity index (χ0n) is 14.1. The molecule has 0 aliphatic rings. The first kappa shape index (κ1) is 18.2. The lowest BCUT2D eigenvalue weighted by molar-refractivity contribution is -0.160. The van der Waals surface area contributed by atoms with Crippen LogP contribution in [0.4, 0.5) is 0 Å². The van der Waals surface area contributed by atoms with Gasteiger partial charge in [0, 0.05) is 5.92 Å². The van der Waals surface area contributed by atoms with E-state index in [9.17, 15) is 9.90 Å².